The average molecular weight is 290 g/mol. The fraction of sp³-hybridized carbons (Fsp3) is 0.133. The second-order valence-corrected chi connectivity index (χ2v) is 6.00. The standard InChI is InChI=1S/C15H12ClNOS/c16-15-7-2-1-6-14(15)11-19(18)10-13-5-3-4-12(8-13)9-17/h1-8H,10-11H2. The van der Waals surface area contributed by atoms with Crippen LogP contribution in [0.1, 0.15) is 16.7 Å². The highest BCUT2D eigenvalue weighted by atomic mass is 35.5. The lowest BCUT2D eigenvalue weighted by molar-refractivity contribution is 0.682. The predicted octanol–water partition coefficient (Wildman–Crippen LogP) is 3.66. The van der Waals surface area contributed by atoms with E-state index in [2.05, 4.69) is 6.07 Å². The van der Waals surface area contributed by atoms with Gasteiger partial charge in [0.1, 0.15) is 0 Å². The van der Waals surface area contributed by atoms with Gasteiger partial charge in [-0.1, -0.05) is 41.9 Å². The van der Waals surface area contributed by atoms with Crippen molar-refractivity contribution in [2.45, 2.75) is 11.5 Å². The van der Waals surface area contributed by atoms with Crippen LogP contribution in [0.15, 0.2) is 48.5 Å². The number of halogens is 1. The number of hydrogen-bond donors (Lipinski definition) is 0. The van der Waals surface area contributed by atoms with Crippen LogP contribution < -0.4 is 0 Å². The summed E-state index contributed by atoms with van der Waals surface area (Å²) in [5.74, 6) is 0.858. The number of nitrogens with zero attached hydrogens (tertiary/aromatic N) is 1. The summed E-state index contributed by atoms with van der Waals surface area (Å²) in [4.78, 5) is 0. The Kier molecular flexibility index (Phi) is 4.73. The lowest BCUT2D eigenvalue weighted by Crippen LogP contribution is -2.00. The first-order valence-electron chi connectivity index (χ1n) is 5.76. The Hall–Kier alpha value is -1.63. The molecular weight excluding hydrogens is 278 g/mol. The lowest BCUT2D eigenvalue weighted by Gasteiger charge is -2.05. The molecule has 0 radical (unpaired) electrons. The van der Waals surface area contributed by atoms with Gasteiger partial charge in [0.25, 0.3) is 0 Å². The highest BCUT2D eigenvalue weighted by Gasteiger charge is 2.06. The molecule has 2 aromatic rings. The highest BCUT2D eigenvalue weighted by molar-refractivity contribution is 7.83. The first kappa shape index (κ1) is 13.8. The molecule has 0 spiro atoms. The van der Waals surface area contributed by atoms with Crippen LogP contribution in [-0.2, 0) is 22.3 Å². The van der Waals surface area contributed by atoms with Gasteiger partial charge >= 0.3 is 0 Å². The normalized spacial score (nSPS) is 11.8. The number of rotatable bonds is 4. The summed E-state index contributed by atoms with van der Waals surface area (Å²) in [5, 5.41) is 9.46. The molecule has 0 N–H and O–H groups in total. The van der Waals surface area contributed by atoms with E-state index in [4.69, 9.17) is 16.9 Å². The second kappa shape index (κ2) is 6.51. The SMILES string of the molecule is N#Cc1cccc(CS(=O)Cc2ccccc2Cl)c1. The average Bonchev–Trinajstić information content (AvgIpc) is 2.41. The summed E-state index contributed by atoms with van der Waals surface area (Å²) in [7, 11) is -1.04. The molecule has 19 heavy (non-hydrogen) atoms. The minimum absolute atomic E-state index is 0.427. The van der Waals surface area contributed by atoms with Crippen LogP contribution in [0.5, 0.6) is 0 Å². The molecule has 0 saturated heterocycles. The van der Waals surface area contributed by atoms with E-state index in [0.717, 1.165) is 11.1 Å². The molecular formula is C15H12ClNOS. The van der Waals surface area contributed by atoms with Gasteiger partial charge in [0, 0.05) is 21.6 Å². The molecule has 0 fully saturated rings. The zero-order chi connectivity index (χ0) is 13.7. The van der Waals surface area contributed by atoms with Crippen LogP contribution in [-0.4, -0.2) is 4.21 Å². The maximum Gasteiger partial charge on any atom is 0.0991 e. The molecule has 1 unspecified atom stereocenters. The largest absolute Gasteiger partial charge is 0.259 e. The van der Waals surface area contributed by atoms with Gasteiger partial charge in [-0.3, -0.25) is 4.21 Å². The molecule has 2 aromatic carbocycles. The predicted molar refractivity (Wildman–Crippen MR) is 78.2 cm³/mol. The van der Waals surface area contributed by atoms with Crippen molar-refractivity contribution in [1.29, 1.82) is 5.26 Å². The maximum atomic E-state index is 12.1. The number of nitriles is 1. The Bertz CT molecular complexity index is 649. The van der Waals surface area contributed by atoms with Gasteiger partial charge in [0.2, 0.25) is 0 Å². The minimum Gasteiger partial charge on any atom is -0.259 e. The Balaban J connectivity index is 2.06. The van der Waals surface area contributed by atoms with E-state index in [1.54, 1.807) is 24.3 Å². The van der Waals surface area contributed by atoms with E-state index in [-0.39, 0.29) is 0 Å². The van der Waals surface area contributed by atoms with E-state index in [0.29, 0.717) is 22.1 Å². The molecule has 0 aliphatic heterocycles. The van der Waals surface area contributed by atoms with Crippen molar-refractivity contribution >= 4 is 22.4 Å². The summed E-state index contributed by atoms with van der Waals surface area (Å²) < 4.78 is 12.1. The van der Waals surface area contributed by atoms with E-state index in [1.165, 1.54) is 0 Å². The van der Waals surface area contributed by atoms with Crippen molar-refractivity contribution in [3.63, 3.8) is 0 Å². The third kappa shape index (κ3) is 3.92. The van der Waals surface area contributed by atoms with Crippen LogP contribution in [0.25, 0.3) is 0 Å². The molecule has 0 heterocycles. The summed E-state index contributed by atoms with van der Waals surface area (Å²) in [5.41, 5.74) is 2.38. The van der Waals surface area contributed by atoms with Gasteiger partial charge in [-0.25, -0.2) is 0 Å². The summed E-state index contributed by atoms with van der Waals surface area (Å²) >= 11 is 6.04. The monoisotopic (exact) mass is 289 g/mol. The smallest absolute Gasteiger partial charge is 0.0991 e. The Morgan fingerprint density at radius 1 is 1.11 bits per heavy atom. The third-order valence-corrected chi connectivity index (χ3v) is 4.32. The molecule has 96 valence electrons. The summed E-state index contributed by atoms with van der Waals surface area (Å²) in [6.07, 6.45) is 0. The third-order valence-electron chi connectivity index (χ3n) is 2.66. The van der Waals surface area contributed by atoms with Crippen molar-refractivity contribution in [3.8, 4) is 6.07 Å². The van der Waals surface area contributed by atoms with E-state index in [1.807, 2.05) is 24.3 Å². The van der Waals surface area contributed by atoms with Crippen LogP contribution in [0, 0.1) is 11.3 Å². The van der Waals surface area contributed by atoms with Crippen LogP contribution in [0.4, 0.5) is 0 Å². The van der Waals surface area contributed by atoms with Gasteiger partial charge in [-0.15, -0.1) is 0 Å². The van der Waals surface area contributed by atoms with Crippen molar-refractivity contribution in [1.82, 2.24) is 0 Å². The molecule has 0 aliphatic carbocycles. The zero-order valence-corrected chi connectivity index (χ0v) is 11.7. The molecule has 0 amide bonds. The van der Waals surface area contributed by atoms with Gasteiger partial charge in [-0.2, -0.15) is 5.26 Å². The van der Waals surface area contributed by atoms with Crippen molar-refractivity contribution in [2.75, 3.05) is 0 Å². The van der Waals surface area contributed by atoms with Crippen LogP contribution in [0.3, 0.4) is 0 Å². The lowest BCUT2D eigenvalue weighted by atomic mass is 10.2. The summed E-state index contributed by atoms with van der Waals surface area (Å²) in [6, 6.07) is 16.7. The quantitative estimate of drug-likeness (QED) is 0.862. The second-order valence-electron chi connectivity index (χ2n) is 4.13. The molecule has 0 saturated carbocycles. The van der Waals surface area contributed by atoms with Crippen LogP contribution in [0.2, 0.25) is 5.02 Å². The number of hydrogen-bond acceptors (Lipinski definition) is 2. The topological polar surface area (TPSA) is 40.9 Å². The van der Waals surface area contributed by atoms with Crippen molar-refractivity contribution in [2.24, 2.45) is 0 Å². The number of benzene rings is 2. The van der Waals surface area contributed by atoms with Crippen molar-refractivity contribution < 1.29 is 4.21 Å². The van der Waals surface area contributed by atoms with Crippen molar-refractivity contribution in [3.05, 3.63) is 70.2 Å². The molecule has 1 atom stereocenters. The Labute approximate surface area is 120 Å². The van der Waals surface area contributed by atoms with Gasteiger partial charge in [0.05, 0.1) is 17.4 Å². The van der Waals surface area contributed by atoms with Gasteiger partial charge in [0.15, 0.2) is 0 Å². The molecule has 0 bridgehead atoms. The fourth-order valence-corrected chi connectivity index (χ4v) is 3.29. The van der Waals surface area contributed by atoms with Gasteiger partial charge in [-0.05, 0) is 29.3 Å². The van der Waals surface area contributed by atoms with Crippen LogP contribution >= 0.6 is 11.6 Å². The fourth-order valence-electron chi connectivity index (χ4n) is 1.76. The van der Waals surface area contributed by atoms with Gasteiger partial charge < -0.3 is 0 Å². The first-order chi connectivity index (χ1) is 9.19. The Morgan fingerprint density at radius 2 is 1.89 bits per heavy atom. The maximum absolute atomic E-state index is 12.1. The molecule has 2 nitrogen and oxygen atoms in total. The highest BCUT2D eigenvalue weighted by Crippen LogP contribution is 2.18. The first-order valence-corrected chi connectivity index (χ1v) is 7.63. The minimum atomic E-state index is -1.04. The van der Waals surface area contributed by atoms with E-state index in [9.17, 15) is 4.21 Å². The molecule has 0 aliphatic rings. The zero-order valence-electron chi connectivity index (χ0n) is 10.2. The van der Waals surface area contributed by atoms with E-state index < -0.39 is 10.8 Å². The van der Waals surface area contributed by atoms with E-state index >= 15 is 0 Å². The summed E-state index contributed by atoms with van der Waals surface area (Å²) in [6.45, 7) is 0. The Morgan fingerprint density at radius 3 is 2.63 bits per heavy atom. The molecule has 0 aromatic heterocycles. The molecule has 4 heteroatoms. The molecule has 2 rings (SSSR count).